The number of fused-ring (bicyclic) bond motifs is 1. The Labute approximate surface area is 259 Å². The molecule has 0 bridgehead atoms. The molecule has 1 aliphatic rings. The lowest BCUT2D eigenvalue weighted by molar-refractivity contribution is 0.359. The largest absolute Gasteiger partial charge is 0.284 e. The smallest absolute Gasteiger partial charge is 0.127 e. The van der Waals surface area contributed by atoms with Crippen LogP contribution < -0.4 is 5.32 Å². The van der Waals surface area contributed by atoms with Crippen LogP contribution in [0.15, 0.2) is 151 Å². The minimum Gasteiger partial charge on any atom is -0.284 e. The predicted molar refractivity (Wildman–Crippen MR) is 181 cm³/mol. The molecular weight excluding hydrogens is 534 g/mol. The Bertz CT molecular complexity index is 1970. The lowest BCUT2D eigenvalue weighted by atomic mass is 9.81. The minimum absolute atomic E-state index is 0.115. The van der Waals surface area contributed by atoms with E-state index >= 15 is 0 Å². The van der Waals surface area contributed by atoms with Gasteiger partial charge in [0.25, 0.3) is 0 Å². The summed E-state index contributed by atoms with van der Waals surface area (Å²) in [5.41, 5.74) is 10.0. The van der Waals surface area contributed by atoms with Crippen LogP contribution in [-0.2, 0) is 0 Å². The van der Waals surface area contributed by atoms with E-state index in [9.17, 15) is 5.26 Å². The molecule has 1 heterocycles. The molecule has 3 heteroatoms. The fraction of sp³-hybridized carbons (Fsp3) is 0.122. The first-order chi connectivity index (χ1) is 21.7. The molecule has 0 radical (unpaired) electrons. The van der Waals surface area contributed by atoms with Crippen LogP contribution in [0.4, 0.5) is 0 Å². The molecule has 6 aromatic rings. The van der Waals surface area contributed by atoms with E-state index in [2.05, 4.69) is 140 Å². The highest BCUT2D eigenvalue weighted by molar-refractivity contribution is 6.04. The standard InChI is InChI=1S/C41H33N3/c1-2-35-39(33-12-5-3-6-13-33)43-41(44-40(35)34-14-7-4-8-15-34)38-36-16-10-9-11-31(36)25-26-37(38)32-23-21-30(22-24-32)29-19-17-28(27-42)18-20-29/h3-26,35,39,41,43H,2H2,1H3. The highest BCUT2D eigenvalue weighted by Gasteiger charge is 2.35. The number of nitrogens with zero attached hydrogens (tertiary/aromatic N) is 2. The maximum absolute atomic E-state index is 9.20. The van der Waals surface area contributed by atoms with Gasteiger partial charge in [0, 0.05) is 23.2 Å². The summed E-state index contributed by atoms with van der Waals surface area (Å²) in [5.74, 6) is 0.237. The molecule has 0 spiro atoms. The number of aliphatic imine (C=N–C) groups is 1. The number of benzene rings is 6. The van der Waals surface area contributed by atoms with Crippen molar-refractivity contribution in [3.63, 3.8) is 0 Å². The normalized spacial score (nSPS) is 18.0. The lowest BCUT2D eigenvalue weighted by Crippen LogP contribution is -2.40. The number of hydrogen-bond acceptors (Lipinski definition) is 3. The van der Waals surface area contributed by atoms with Crippen LogP contribution >= 0.6 is 0 Å². The molecule has 7 rings (SSSR count). The molecule has 3 nitrogen and oxygen atoms in total. The van der Waals surface area contributed by atoms with E-state index in [1.165, 1.54) is 33.0 Å². The average molecular weight is 568 g/mol. The third-order valence-corrected chi connectivity index (χ3v) is 8.81. The first kappa shape index (κ1) is 27.5. The molecule has 0 aromatic heterocycles. The monoisotopic (exact) mass is 567 g/mol. The van der Waals surface area contributed by atoms with Gasteiger partial charge in [-0.1, -0.05) is 140 Å². The molecule has 1 N–H and O–H groups in total. The van der Waals surface area contributed by atoms with Crippen LogP contribution in [0.3, 0.4) is 0 Å². The lowest BCUT2D eigenvalue weighted by Gasteiger charge is -2.38. The van der Waals surface area contributed by atoms with Crippen molar-refractivity contribution in [1.82, 2.24) is 5.32 Å². The van der Waals surface area contributed by atoms with Crippen LogP contribution in [0.5, 0.6) is 0 Å². The summed E-state index contributed by atoms with van der Waals surface area (Å²) in [6, 6.07) is 53.4. The maximum Gasteiger partial charge on any atom is 0.127 e. The third kappa shape index (κ3) is 5.22. The van der Waals surface area contributed by atoms with E-state index in [1.54, 1.807) is 0 Å². The quantitative estimate of drug-likeness (QED) is 0.218. The molecular formula is C41H33N3. The van der Waals surface area contributed by atoms with Gasteiger partial charge in [-0.05, 0) is 62.7 Å². The summed E-state index contributed by atoms with van der Waals surface area (Å²) in [5, 5.41) is 15.6. The van der Waals surface area contributed by atoms with Gasteiger partial charge in [-0.25, -0.2) is 0 Å². The summed E-state index contributed by atoms with van der Waals surface area (Å²) in [7, 11) is 0. The maximum atomic E-state index is 9.20. The first-order valence-electron chi connectivity index (χ1n) is 15.3. The van der Waals surface area contributed by atoms with Gasteiger partial charge in [0.15, 0.2) is 0 Å². The molecule has 0 saturated heterocycles. The molecule has 0 amide bonds. The van der Waals surface area contributed by atoms with Crippen molar-refractivity contribution in [2.24, 2.45) is 10.9 Å². The number of nitriles is 1. The summed E-state index contributed by atoms with van der Waals surface area (Å²) < 4.78 is 0. The zero-order chi connectivity index (χ0) is 29.9. The van der Waals surface area contributed by atoms with Crippen LogP contribution in [0.2, 0.25) is 0 Å². The van der Waals surface area contributed by atoms with E-state index in [0.29, 0.717) is 5.56 Å². The van der Waals surface area contributed by atoms with Crippen molar-refractivity contribution in [2.75, 3.05) is 0 Å². The Morgan fingerprint density at radius 2 is 1.25 bits per heavy atom. The Kier molecular flexibility index (Phi) is 7.59. The highest BCUT2D eigenvalue weighted by atomic mass is 15.1. The Morgan fingerprint density at radius 1 is 0.636 bits per heavy atom. The molecule has 3 atom stereocenters. The van der Waals surface area contributed by atoms with Gasteiger partial charge in [-0.15, -0.1) is 0 Å². The average Bonchev–Trinajstić information content (AvgIpc) is 3.11. The topological polar surface area (TPSA) is 48.2 Å². The van der Waals surface area contributed by atoms with Gasteiger partial charge in [0.1, 0.15) is 6.17 Å². The van der Waals surface area contributed by atoms with Gasteiger partial charge < -0.3 is 0 Å². The third-order valence-electron chi connectivity index (χ3n) is 8.81. The second-order valence-corrected chi connectivity index (χ2v) is 11.4. The number of nitrogens with one attached hydrogen (secondary N) is 1. The fourth-order valence-corrected chi connectivity index (χ4v) is 6.60. The minimum atomic E-state index is -0.238. The van der Waals surface area contributed by atoms with Gasteiger partial charge in [-0.2, -0.15) is 5.26 Å². The Hall–Kier alpha value is -5.30. The molecule has 3 unspecified atom stereocenters. The SMILES string of the molecule is CCC1C(c2ccccc2)=NC(c2c(-c3ccc(-c4ccc(C#N)cc4)cc3)ccc3ccccc23)NC1c1ccccc1. The van der Waals surface area contributed by atoms with Crippen molar-refractivity contribution in [3.8, 4) is 28.3 Å². The molecule has 0 fully saturated rings. The molecule has 44 heavy (non-hydrogen) atoms. The van der Waals surface area contributed by atoms with Crippen LogP contribution in [-0.4, -0.2) is 5.71 Å². The molecule has 0 saturated carbocycles. The van der Waals surface area contributed by atoms with Gasteiger partial charge in [0.05, 0.1) is 11.6 Å². The summed E-state index contributed by atoms with van der Waals surface area (Å²) in [6.07, 6.45) is 0.740. The van der Waals surface area contributed by atoms with Crippen LogP contribution in [0.25, 0.3) is 33.0 Å². The summed E-state index contributed by atoms with van der Waals surface area (Å²) in [4.78, 5) is 5.55. The molecule has 6 aromatic carbocycles. The summed E-state index contributed by atoms with van der Waals surface area (Å²) >= 11 is 0. The molecule has 212 valence electrons. The molecule has 0 aliphatic carbocycles. The summed E-state index contributed by atoms with van der Waals surface area (Å²) in [6.45, 7) is 2.26. The fourth-order valence-electron chi connectivity index (χ4n) is 6.60. The van der Waals surface area contributed by atoms with Crippen molar-refractivity contribution < 1.29 is 0 Å². The Morgan fingerprint density at radius 3 is 1.93 bits per heavy atom. The second kappa shape index (κ2) is 12.1. The van der Waals surface area contributed by atoms with Crippen LogP contribution in [0.1, 0.15) is 47.8 Å². The van der Waals surface area contributed by atoms with Crippen molar-refractivity contribution in [1.29, 1.82) is 5.26 Å². The first-order valence-corrected chi connectivity index (χ1v) is 15.3. The van der Waals surface area contributed by atoms with Crippen molar-refractivity contribution >= 4 is 16.5 Å². The van der Waals surface area contributed by atoms with E-state index in [-0.39, 0.29) is 18.1 Å². The van der Waals surface area contributed by atoms with E-state index in [4.69, 9.17) is 4.99 Å². The van der Waals surface area contributed by atoms with E-state index in [1.807, 2.05) is 24.3 Å². The van der Waals surface area contributed by atoms with Crippen molar-refractivity contribution in [2.45, 2.75) is 25.6 Å². The van der Waals surface area contributed by atoms with E-state index in [0.717, 1.165) is 28.8 Å². The number of rotatable bonds is 6. The van der Waals surface area contributed by atoms with Crippen LogP contribution in [0, 0.1) is 17.2 Å². The van der Waals surface area contributed by atoms with Gasteiger partial charge >= 0.3 is 0 Å². The van der Waals surface area contributed by atoms with Gasteiger partial charge in [-0.3, -0.25) is 10.3 Å². The molecule has 1 aliphatic heterocycles. The predicted octanol–water partition coefficient (Wildman–Crippen LogP) is 9.90. The van der Waals surface area contributed by atoms with E-state index < -0.39 is 0 Å². The zero-order valence-corrected chi connectivity index (χ0v) is 24.7. The highest BCUT2D eigenvalue weighted by Crippen LogP contribution is 2.42. The second-order valence-electron chi connectivity index (χ2n) is 11.4. The zero-order valence-electron chi connectivity index (χ0n) is 24.7. The van der Waals surface area contributed by atoms with Crippen molar-refractivity contribution in [3.05, 3.63) is 168 Å². The van der Waals surface area contributed by atoms with Gasteiger partial charge in [0.2, 0.25) is 0 Å². The number of hydrogen-bond donors (Lipinski definition) is 1. The Balaban J connectivity index is 1.39.